The zero-order valence-electron chi connectivity index (χ0n) is 9.90. The van der Waals surface area contributed by atoms with Crippen molar-refractivity contribution in [3.8, 4) is 0 Å². The van der Waals surface area contributed by atoms with Gasteiger partial charge in [-0.2, -0.15) is 0 Å². The van der Waals surface area contributed by atoms with Crippen LogP contribution in [0.5, 0.6) is 0 Å². The Morgan fingerprint density at radius 1 is 1.67 bits per heavy atom. The number of rotatable bonds is 4. The second-order valence-electron chi connectivity index (χ2n) is 4.57. The van der Waals surface area contributed by atoms with Gasteiger partial charge in [0.2, 0.25) is 5.91 Å². The first-order chi connectivity index (χ1) is 7.04. The van der Waals surface area contributed by atoms with E-state index in [1.165, 1.54) is 6.08 Å². The van der Waals surface area contributed by atoms with Gasteiger partial charge in [0.1, 0.15) is 0 Å². The van der Waals surface area contributed by atoms with E-state index in [-0.39, 0.29) is 18.1 Å². The first-order valence-corrected chi connectivity index (χ1v) is 5.59. The monoisotopic (exact) mass is 211 g/mol. The molecule has 1 aliphatic rings. The van der Waals surface area contributed by atoms with E-state index in [0.29, 0.717) is 12.5 Å². The summed E-state index contributed by atoms with van der Waals surface area (Å²) in [5.74, 6) is 0.589. The average molecular weight is 211 g/mol. The molecule has 0 radical (unpaired) electrons. The Kier molecular flexibility index (Phi) is 4.33. The van der Waals surface area contributed by atoms with E-state index in [0.717, 1.165) is 13.0 Å². The van der Waals surface area contributed by atoms with Crippen LogP contribution in [0.1, 0.15) is 27.2 Å². The molecule has 1 aliphatic heterocycles. The van der Waals surface area contributed by atoms with Crippen LogP contribution in [-0.2, 0) is 9.53 Å². The van der Waals surface area contributed by atoms with Gasteiger partial charge >= 0.3 is 0 Å². The van der Waals surface area contributed by atoms with E-state index in [1.54, 1.807) is 0 Å². The van der Waals surface area contributed by atoms with Crippen molar-refractivity contribution < 1.29 is 9.53 Å². The highest BCUT2D eigenvalue weighted by Crippen LogP contribution is 2.23. The topological polar surface area (TPSA) is 29.5 Å². The molecule has 0 unspecified atom stereocenters. The molecule has 86 valence electrons. The first-order valence-electron chi connectivity index (χ1n) is 5.59. The Balaban J connectivity index is 2.52. The van der Waals surface area contributed by atoms with Crippen molar-refractivity contribution in [1.82, 2.24) is 4.90 Å². The van der Waals surface area contributed by atoms with Gasteiger partial charge in [0, 0.05) is 6.54 Å². The predicted molar refractivity (Wildman–Crippen MR) is 60.6 cm³/mol. The highest BCUT2D eigenvalue weighted by Gasteiger charge is 2.31. The maximum Gasteiger partial charge on any atom is 0.246 e. The Morgan fingerprint density at radius 3 is 2.87 bits per heavy atom. The van der Waals surface area contributed by atoms with Crippen LogP contribution in [-0.4, -0.2) is 36.1 Å². The van der Waals surface area contributed by atoms with Gasteiger partial charge in [-0.1, -0.05) is 13.5 Å². The molecule has 0 aromatic rings. The van der Waals surface area contributed by atoms with Gasteiger partial charge < -0.3 is 9.64 Å². The minimum atomic E-state index is 0.0247. The summed E-state index contributed by atoms with van der Waals surface area (Å²) in [6.07, 6.45) is 2.65. The van der Waals surface area contributed by atoms with Gasteiger partial charge in [-0.15, -0.1) is 0 Å². The first kappa shape index (κ1) is 12.2. The third-order valence-corrected chi connectivity index (χ3v) is 2.70. The molecule has 3 heteroatoms. The van der Waals surface area contributed by atoms with E-state index >= 15 is 0 Å². The van der Waals surface area contributed by atoms with Gasteiger partial charge in [-0.25, -0.2) is 0 Å². The summed E-state index contributed by atoms with van der Waals surface area (Å²) < 4.78 is 5.57. The minimum Gasteiger partial charge on any atom is -0.377 e. The summed E-state index contributed by atoms with van der Waals surface area (Å²) >= 11 is 0. The highest BCUT2D eigenvalue weighted by atomic mass is 16.5. The maximum absolute atomic E-state index is 11.6. The molecule has 0 aromatic heterocycles. The summed E-state index contributed by atoms with van der Waals surface area (Å²) in [7, 11) is 0. The van der Waals surface area contributed by atoms with Crippen molar-refractivity contribution >= 4 is 5.91 Å². The van der Waals surface area contributed by atoms with Crippen LogP contribution < -0.4 is 0 Å². The summed E-state index contributed by atoms with van der Waals surface area (Å²) in [6.45, 7) is 11.2. The molecule has 0 N–H and O–H groups in total. The minimum absolute atomic E-state index is 0.0247. The second kappa shape index (κ2) is 5.31. The number of nitrogens with zero attached hydrogens (tertiary/aromatic N) is 1. The normalized spacial score (nSPS) is 26.0. The molecule has 0 spiro atoms. The predicted octanol–water partition coefficient (Wildman–Crippen LogP) is 1.83. The number of carbonyl (C=O) groups is 1. The van der Waals surface area contributed by atoms with Crippen molar-refractivity contribution in [3.63, 3.8) is 0 Å². The van der Waals surface area contributed by atoms with E-state index in [2.05, 4.69) is 13.5 Å². The molecule has 1 rings (SSSR count). The van der Waals surface area contributed by atoms with E-state index in [9.17, 15) is 4.79 Å². The van der Waals surface area contributed by atoms with E-state index < -0.39 is 0 Å². The van der Waals surface area contributed by atoms with Crippen LogP contribution in [0.3, 0.4) is 0 Å². The molecular formula is C12H21NO2. The molecule has 1 heterocycles. The zero-order valence-corrected chi connectivity index (χ0v) is 9.90. The van der Waals surface area contributed by atoms with Crippen LogP contribution in [0.15, 0.2) is 12.7 Å². The third kappa shape index (κ3) is 3.34. The van der Waals surface area contributed by atoms with E-state index in [4.69, 9.17) is 4.74 Å². The fourth-order valence-electron chi connectivity index (χ4n) is 2.00. The van der Waals surface area contributed by atoms with Crippen LogP contribution in [0, 0.1) is 5.92 Å². The number of hydrogen-bond acceptors (Lipinski definition) is 2. The Hall–Kier alpha value is -0.830. The van der Waals surface area contributed by atoms with Gasteiger partial charge in [0.05, 0.1) is 18.8 Å². The SMILES string of the molecule is C=CC(=O)N1C[C@@H](C)C[C@@H]1COC(C)C. The molecule has 0 saturated carbocycles. The molecule has 0 aliphatic carbocycles. The lowest BCUT2D eigenvalue weighted by molar-refractivity contribution is -0.128. The summed E-state index contributed by atoms with van der Waals surface area (Å²) in [5, 5.41) is 0. The highest BCUT2D eigenvalue weighted by molar-refractivity contribution is 5.87. The Labute approximate surface area is 92.1 Å². The molecule has 0 bridgehead atoms. The van der Waals surface area contributed by atoms with Crippen LogP contribution in [0.2, 0.25) is 0 Å². The standard InChI is InChI=1S/C12H21NO2/c1-5-12(14)13-7-10(4)6-11(13)8-15-9(2)3/h5,9-11H,1,6-8H2,2-4H3/t10-,11+/m0/s1. The number of likely N-dealkylation sites (tertiary alicyclic amines) is 1. The lowest BCUT2D eigenvalue weighted by Crippen LogP contribution is -2.37. The van der Waals surface area contributed by atoms with Gasteiger partial charge in [-0.05, 0) is 32.3 Å². The van der Waals surface area contributed by atoms with Gasteiger partial charge in [-0.3, -0.25) is 4.79 Å². The smallest absolute Gasteiger partial charge is 0.246 e. The average Bonchev–Trinajstić information content (AvgIpc) is 2.55. The molecule has 2 atom stereocenters. The lowest BCUT2D eigenvalue weighted by atomic mass is 10.1. The molecule has 1 saturated heterocycles. The Morgan fingerprint density at radius 2 is 2.33 bits per heavy atom. The van der Waals surface area contributed by atoms with Crippen LogP contribution >= 0.6 is 0 Å². The molecule has 1 fully saturated rings. The summed E-state index contributed by atoms with van der Waals surface area (Å²) in [5.41, 5.74) is 0. The molecule has 3 nitrogen and oxygen atoms in total. The number of hydrogen-bond donors (Lipinski definition) is 0. The van der Waals surface area contributed by atoms with Crippen molar-refractivity contribution in [2.45, 2.75) is 39.3 Å². The van der Waals surface area contributed by atoms with Crippen molar-refractivity contribution in [3.05, 3.63) is 12.7 Å². The number of amides is 1. The Bertz CT molecular complexity index is 238. The zero-order chi connectivity index (χ0) is 11.4. The fraction of sp³-hybridized carbons (Fsp3) is 0.750. The summed E-state index contributed by atoms with van der Waals surface area (Å²) in [6, 6.07) is 0.230. The molecule has 1 amide bonds. The number of ether oxygens (including phenoxy) is 1. The van der Waals surface area contributed by atoms with Gasteiger partial charge in [0.15, 0.2) is 0 Å². The fourth-order valence-corrected chi connectivity index (χ4v) is 2.00. The maximum atomic E-state index is 11.6. The van der Waals surface area contributed by atoms with E-state index in [1.807, 2.05) is 18.7 Å². The number of carbonyl (C=O) groups excluding carboxylic acids is 1. The second-order valence-corrected chi connectivity index (χ2v) is 4.57. The van der Waals surface area contributed by atoms with Crippen molar-refractivity contribution in [1.29, 1.82) is 0 Å². The largest absolute Gasteiger partial charge is 0.377 e. The van der Waals surface area contributed by atoms with Gasteiger partial charge in [0.25, 0.3) is 0 Å². The van der Waals surface area contributed by atoms with Crippen LogP contribution in [0.4, 0.5) is 0 Å². The third-order valence-electron chi connectivity index (χ3n) is 2.70. The molecule has 15 heavy (non-hydrogen) atoms. The molecular weight excluding hydrogens is 190 g/mol. The van der Waals surface area contributed by atoms with Crippen molar-refractivity contribution in [2.24, 2.45) is 5.92 Å². The quantitative estimate of drug-likeness (QED) is 0.664. The molecule has 0 aromatic carbocycles. The lowest BCUT2D eigenvalue weighted by Gasteiger charge is -2.24. The van der Waals surface area contributed by atoms with Crippen molar-refractivity contribution in [2.75, 3.05) is 13.2 Å². The summed E-state index contributed by atoms with van der Waals surface area (Å²) in [4.78, 5) is 13.4. The van der Waals surface area contributed by atoms with Crippen LogP contribution in [0.25, 0.3) is 0 Å².